The number of para-hydroxylation sites is 1. The minimum atomic E-state index is 0.0158. The van der Waals surface area contributed by atoms with Crippen LogP contribution in [0.3, 0.4) is 0 Å². The summed E-state index contributed by atoms with van der Waals surface area (Å²) in [5.41, 5.74) is 3.34. The molecular formula is C24H25N5O3. The number of aromatic nitrogens is 3. The number of ether oxygens (including phenoxy) is 1. The molecule has 0 radical (unpaired) electrons. The van der Waals surface area contributed by atoms with Crippen molar-refractivity contribution in [1.29, 1.82) is 0 Å². The summed E-state index contributed by atoms with van der Waals surface area (Å²) >= 11 is 0. The summed E-state index contributed by atoms with van der Waals surface area (Å²) in [6.45, 7) is 3.29. The number of nitrogens with one attached hydrogen (secondary N) is 2. The van der Waals surface area contributed by atoms with Gasteiger partial charge in [0.1, 0.15) is 17.2 Å². The number of amides is 1. The molecule has 0 aliphatic heterocycles. The second kappa shape index (κ2) is 8.55. The maximum atomic E-state index is 12.2. The Bertz CT molecular complexity index is 1300. The van der Waals surface area contributed by atoms with Gasteiger partial charge in [-0.1, -0.05) is 12.1 Å². The zero-order chi connectivity index (χ0) is 22.1. The highest BCUT2D eigenvalue weighted by atomic mass is 16.5. The molecule has 0 atom stereocenters. The van der Waals surface area contributed by atoms with E-state index < -0.39 is 0 Å². The molecule has 4 aromatic rings. The molecule has 0 saturated heterocycles. The van der Waals surface area contributed by atoms with E-state index in [1.165, 1.54) is 0 Å². The summed E-state index contributed by atoms with van der Waals surface area (Å²) in [6.07, 6.45) is 6.08. The molecule has 3 aromatic heterocycles. The van der Waals surface area contributed by atoms with Crippen molar-refractivity contribution in [2.75, 3.05) is 30.9 Å². The number of hydrogen-bond donors (Lipinski definition) is 2. The molecule has 2 N–H and O–H groups in total. The van der Waals surface area contributed by atoms with Crippen LogP contribution in [-0.2, 0) is 16.0 Å². The lowest BCUT2D eigenvalue weighted by Gasteiger charge is -2.10. The normalized spacial score (nSPS) is 13.6. The van der Waals surface area contributed by atoms with Crippen LogP contribution in [0.15, 0.2) is 41.1 Å². The molecular weight excluding hydrogens is 406 g/mol. The summed E-state index contributed by atoms with van der Waals surface area (Å²) in [5.74, 6) is 1.81. The van der Waals surface area contributed by atoms with Crippen LogP contribution in [0.2, 0.25) is 0 Å². The van der Waals surface area contributed by atoms with Gasteiger partial charge in [0.15, 0.2) is 5.58 Å². The van der Waals surface area contributed by atoms with Gasteiger partial charge in [-0.05, 0) is 43.9 Å². The highest BCUT2D eigenvalue weighted by Gasteiger charge is 2.30. The van der Waals surface area contributed by atoms with Crippen LogP contribution in [0.1, 0.15) is 25.3 Å². The van der Waals surface area contributed by atoms with Gasteiger partial charge >= 0.3 is 0 Å². The smallest absolute Gasteiger partial charge is 0.229 e. The Kier molecular flexibility index (Phi) is 5.45. The molecule has 1 saturated carbocycles. The van der Waals surface area contributed by atoms with Crippen molar-refractivity contribution >= 4 is 39.4 Å². The third kappa shape index (κ3) is 3.89. The maximum Gasteiger partial charge on any atom is 0.229 e. The Morgan fingerprint density at radius 2 is 2.09 bits per heavy atom. The molecule has 3 heterocycles. The Balaban J connectivity index is 1.58. The molecule has 0 spiro atoms. The molecule has 0 unspecified atom stereocenters. The first-order chi connectivity index (χ1) is 15.7. The van der Waals surface area contributed by atoms with Gasteiger partial charge in [0.05, 0.1) is 12.2 Å². The quantitative estimate of drug-likeness (QED) is 0.399. The van der Waals surface area contributed by atoms with E-state index in [1.807, 2.05) is 38.2 Å². The molecule has 32 heavy (non-hydrogen) atoms. The summed E-state index contributed by atoms with van der Waals surface area (Å²) < 4.78 is 11.7. The van der Waals surface area contributed by atoms with Crippen LogP contribution in [0.25, 0.3) is 33.3 Å². The van der Waals surface area contributed by atoms with Crippen molar-refractivity contribution in [3.8, 4) is 11.5 Å². The van der Waals surface area contributed by atoms with E-state index in [9.17, 15) is 4.79 Å². The van der Waals surface area contributed by atoms with Gasteiger partial charge in [0.2, 0.25) is 11.8 Å². The van der Waals surface area contributed by atoms with Crippen LogP contribution in [-0.4, -0.2) is 41.1 Å². The number of rotatable bonds is 8. The van der Waals surface area contributed by atoms with Crippen LogP contribution in [0.4, 0.5) is 11.6 Å². The Morgan fingerprint density at radius 1 is 1.22 bits per heavy atom. The van der Waals surface area contributed by atoms with Gasteiger partial charge in [-0.3, -0.25) is 4.79 Å². The zero-order valence-electron chi connectivity index (χ0n) is 18.1. The van der Waals surface area contributed by atoms with Crippen LogP contribution >= 0.6 is 0 Å². The van der Waals surface area contributed by atoms with Crippen molar-refractivity contribution in [2.45, 2.75) is 26.2 Å². The number of oxazole rings is 1. The van der Waals surface area contributed by atoms with E-state index in [0.717, 1.165) is 52.3 Å². The molecule has 8 nitrogen and oxygen atoms in total. The van der Waals surface area contributed by atoms with E-state index in [2.05, 4.69) is 20.6 Å². The standard InChI is InChI=1S/C24H25N5O3/c1-3-31-10-9-14-5-4-6-19-21(14)32-24(28-19)18-13-27-22(25-2)17-12-26-20(11-16(17)18)29-23(30)15-7-8-15/h4-6,11-13,15H,3,7-10H2,1-2H3,(H,25,27)(H,26,29,30). The Morgan fingerprint density at radius 3 is 2.88 bits per heavy atom. The topological polar surface area (TPSA) is 102 Å². The summed E-state index contributed by atoms with van der Waals surface area (Å²) in [6, 6.07) is 7.81. The van der Waals surface area contributed by atoms with Crippen LogP contribution in [0, 0.1) is 5.92 Å². The number of hydrogen-bond acceptors (Lipinski definition) is 7. The van der Waals surface area contributed by atoms with Gasteiger partial charge in [0, 0.05) is 42.7 Å². The SMILES string of the molecule is CCOCCc1cccc2nc(-c3cnc(NC)c4cnc(NC(=O)C5CC5)cc34)oc12. The second-order valence-corrected chi connectivity index (χ2v) is 7.88. The lowest BCUT2D eigenvalue weighted by molar-refractivity contribution is -0.117. The van der Waals surface area contributed by atoms with Crippen molar-refractivity contribution < 1.29 is 13.9 Å². The molecule has 8 heteroatoms. The Hall–Kier alpha value is -3.52. The number of carbonyl (C=O) groups is 1. The fourth-order valence-electron chi connectivity index (χ4n) is 3.79. The molecule has 1 amide bonds. The summed E-state index contributed by atoms with van der Waals surface area (Å²) in [5, 5.41) is 7.70. The van der Waals surface area contributed by atoms with Crippen LogP contribution < -0.4 is 10.6 Å². The third-order valence-electron chi connectivity index (χ3n) is 5.66. The highest BCUT2D eigenvalue weighted by Crippen LogP contribution is 2.35. The summed E-state index contributed by atoms with van der Waals surface area (Å²) in [4.78, 5) is 25.9. The van der Waals surface area contributed by atoms with Crippen molar-refractivity contribution in [1.82, 2.24) is 15.0 Å². The third-order valence-corrected chi connectivity index (χ3v) is 5.66. The predicted octanol–water partition coefficient (Wildman–Crippen LogP) is 4.41. The largest absolute Gasteiger partial charge is 0.436 e. The summed E-state index contributed by atoms with van der Waals surface area (Å²) in [7, 11) is 1.81. The maximum absolute atomic E-state index is 12.2. The lowest BCUT2D eigenvalue weighted by atomic mass is 10.1. The number of pyridine rings is 2. The first-order valence-electron chi connectivity index (χ1n) is 10.9. The fraction of sp³-hybridized carbons (Fsp3) is 0.333. The van der Waals surface area contributed by atoms with Gasteiger partial charge in [-0.25, -0.2) is 15.0 Å². The highest BCUT2D eigenvalue weighted by molar-refractivity contribution is 6.03. The molecule has 164 valence electrons. The van der Waals surface area contributed by atoms with E-state index >= 15 is 0 Å². The first-order valence-corrected chi connectivity index (χ1v) is 10.9. The monoisotopic (exact) mass is 431 g/mol. The molecule has 1 aliphatic rings. The van der Waals surface area contributed by atoms with E-state index in [0.29, 0.717) is 30.7 Å². The van der Waals surface area contributed by atoms with E-state index in [1.54, 1.807) is 12.4 Å². The number of benzene rings is 1. The number of carbonyl (C=O) groups excluding carboxylic acids is 1. The molecule has 1 aliphatic carbocycles. The zero-order valence-corrected chi connectivity index (χ0v) is 18.1. The van der Waals surface area contributed by atoms with E-state index in [4.69, 9.17) is 14.1 Å². The second-order valence-electron chi connectivity index (χ2n) is 7.88. The minimum absolute atomic E-state index is 0.0158. The predicted molar refractivity (Wildman–Crippen MR) is 124 cm³/mol. The first kappa shape index (κ1) is 20.4. The van der Waals surface area contributed by atoms with Crippen molar-refractivity contribution in [3.63, 3.8) is 0 Å². The molecule has 1 aromatic carbocycles. The average Bonchev–Trinajstić information content (AvgIpc) is 3.57. The number of anilines is 2. The number of fused-ring (bicyclic) bond motifs is 2. The molecule has 5 rings (SSSR count). The number of nitrogens with zero attached hydrogens (tertiary/aromatic N) is 3. The van der Waals surface area contributed by atoms with E-state index in [-0.39, 0.29) is 11.8 Å². The minimum Gasteiger partial charge on any atom is -0.436 e. The van der Waals surface area contributed by atoms with Crippen molar-refractivity contribution in [2.24, 2.45) is 5.92 Å². The van der Waals surface area contributed by atoms with Gasteiger partial charge in [0.25, 0.3) is 0 Å². The fourth-order valence-corrected chi connectivity index (χ4v) is 3.79. The van der Waals surface area contributed by atoms with Gasteiger partial charge in [-0.2, -0.15) is 0 Å². The Labute approximate surface area is 185 Å². The molecule has 1 fully saturated rings. The van der Waals surface area contributed by atoms with Crippen molar-refractivity contribution in [3.05, 3.63) is 42.2 Å². The van der Waals surface area contributed by atoms with Crippen LogP contribution in [0.5, 0.6) is 0 Å². The van der Waals surface area contributed by atoms with Gasteiger partial charge in [-0.15, -0.1) is 0 Å². The van der Waals surface area contributed by atoms with Gasteiger partial charge < -0.3 is 19.8 Å². The molecule has 0 bridgehead atoms. The average molecular weight is 431 g/mol. The lowest BCUT2D eigenvalue weighted by Crippen LogP contribution is -2.14.